The van der Waals surface area contributed by atoms with Gasteiger partial charge in [0, 0.05) is 5.69 Å². The SMILES string of the molecule is Cc1cc(C)c(C(N)=S)c(Oc2cccc(Cl)c2Cl)n1. The summed E-state index contributed by atoms with van der Waals surface area (Å²) in [6, 6.07) is 7.02. The summed E-state index contributed by atoms with van der Waals surface area (Å²) in [5.74, 6) is 0.744. The summed E-state index contributed by atoms with van der Waals surface area (Å²) < 4.78 is 5.75. The van der Waals surface area contributed by atoms with Crippen LogP contribution in [0.2, 0.25) is 10.0 Å². The molecular formula is C14H12Cl2N2OS. The molecule has 0 saturated carbocycles. The van der Waals surface area contributed by atoms with Crippen LogP contribution < -0.4 is 10.5 Å². The minimum Gasteiger partial charge on any atom is -0.437 e. The first-order valence-electron chi connectivity index (χ1n) is 5.80. The van der Waals surface area contributed by atoms with Gasteiger partial charge < -0.3 is 10.5 Å². The minimum atomic E-state index is 0.225. The molecule has 0 radical (unpaired) electrons. The molecule has 0 fully saturated rings. The van der Waals surface area contributed by atoms with Gasteiger partial charge in [0.05, 0.1) is 10.6 Å². The highest BCUT2D eigenvalue weighted by atomic mass is 35.5. The second-order valence-electron chi connectivity index (χ2n) is 4.28. The number of hydrogen-bond acceptors (Lipinski definition) is 3. The van der Waals surface area contributed by atoms with Crippen LogP contribution in [0.4, 0.5) is 0 Å². The van der Waals surface area contributed by atoms with Crippen molar-refractivity contribution in [3.05, 3.63) is 51.1 Å². The molecule has 0 aliphatic heterocycles. The second kappa shape index (κ2) is 5.95. The largest absolute Gasteiger partial charge is 0.437 e. The van der Waals surface area contributed by atoms with Crippen LogP contribution in [0.1, 0.15) is 16.8 Å². The van der Waals surface area contributed by atoms with Crippen LogP contribution in [0.3, 0.4) is 0 Å². The van der Waals surface area contributed by atoms with E-state index in [1.165, 1.54) is 0 Å². The van der Waals surface area contributed by atoms with Gasteiger partial charge in [-0.2, -0.15) is 0 Å². The van der Waals surface area contributed by atoms with Crippen LogP contribution in [0.5, 0.6) is 11.6 Å². The van der Waals surface area contributed by atoms with Crippen molar-refractivity contribution in [2.75, 3.05) is 0 Å². The lowest BCUT2D eigenvalue weighted by atomic mass is 10.1. The number of hydrogen-bond donors (Lipinski definition) is 1. The zero-order valence-electron chi connectivity index (χ0n) is 10.9. The zero-order valence-corrected chi connectivity index (χ0v) is 13.2. The molecule has 1 heterocycles. The van der Waals surface area contributed by atoms with E-state index in [4.69, 9.17) is 45.9 Å². The third kappa shape index (κ3) is 3.03. The van der Waals surface area contributed by atoms with Gasteiger partial charge in [-0.05, 0) is 37.6 Å². The standard InChI is InChI=1S/C14H12Cl2N2OS/c1-7-6-8(2)18-14(11(7)13(17)20)19-10-5-3-4-9(15)12(10)16/h3-6H,1-2H3,(H2,17,20). The Kier molecular flexibility index (Phi) is 4.48. The van der Waals surface area contributed by atoms with Crippen molar-refractivity contribution in [1.29, 1.82) is 0 Å². The molecule has 2 N–H and O–H groups in total. The maximum Gasteiger partial charge on any atom is 0.230 e. The van der Waals surface area contributed by atoms with Crippen molar-refractivity contribution >= 4 is 40.4 Å². The van der Waals surface area contributed by atoms with Crippen LogP contribution in [0, 0.1) is 13.8 Å². The Hall–Kier alpha value is -1.36. The first-order chi connectivity index (χ1) is 9.40. The predicted molar refractivity (Wildman–Crippen MR) is 86.1 cm³/mol. The highest BCUT2D eigenvalue weighted by Crippen LogP contribution is 2.35. The van der Waals surface area contributed by atoms with Gasteiger partial charge in [0.15, 0.2) is 0 Å². The molecule has 2 aromatic rings. The smallest absolute Gasteiger partial charge is 0.230 e. The molecule has 0 aliphatic carbocycles. The van der Waals surface area contributed by atoms with Gasteiger partial charge in [0.1, 0.15) is 15.8 Å². The number of nitrogens with zero attached hydrogens (tertiary/aromatic N) is 1. The molecule has 0 saturated heterocycles. The van der Waals surface area contributed by atoms with Crippen molar-refractivity contribution in [2.45, 2.75) is 13.8 Å². The van der Waals surface area contributed by atoms with Crippen molar-refractivity contribution in [3.63, 3.8) is 0 Å². The van der Waals surface area contributed by atoms with Crippen molar-refractivity contribution in [1.82, 2.24) is 4.98 Å². The van der Waals surface area contributed by atoms with E-state index in [0.717, 1.165) is 11.3 Å². The molecule has 0 amide bonds. The van der Waals surface area contributed by atoms with E-state index in [0.29, 0.717) is 27.2 Å². The Bertz CT molecular complexity index is 689. The van der Waals surface area contributed by atoms with E-state index >= 15 is 0 Å². The van der Waals surface area contributed by atoms with Crippen molar-refractivity contribution in [3.8, 4) is 11.6 Å². The van der Waals surface area contributed by atoms with Crippen LogP contribution in [0.25, 0.3) is 0 Å². The third-order valence-electron chi connectivity index (χ3n) is 2.68. The molecule has 0 unspecified atom stereocenters. The van der Waals surface area contributed by atoms with Gasteiger partial charge in [-0.25, -0.2) is 4.98 Å². The van der Waals surface area contributed by atoms with Crippen LogP contribution in [-0.2, 0) is 0 Å². The second-order valence-corrected chi connectivity index (χ2v) is 5.50. The fraction of sp³-hybridized carbons (Fsp3) is 0.143. The van der Waals surface area contributed by atoms with Crippen LogP contribution in [-0.4, -0.2) is 9.97 Å². The molecular weight excluding hydrogens is 315 g/mol. The first-order valence-corrected chi connectivity index (χ1v) is 6.96. The fourth-order valence-electron chi connectivity index (χ4n) is 1.84. The highest BCUT2D eigenvalue weighted by molar-refractivity contribution is 7.80. The van der Waals surface area contributed by atoms with Crippen molar-refractivity contribution < 1.29 is 4.74 Å². The molecule has 6 heteroatoms. The maximum absolute atomic E-state index is 6.11. The van der Waals surface area contributed by atoms with E-state index < -0.39 is 0 Å². The van der Waals surface area contributed by atoms with E-state index in [-0.39, 0.29) is 4.99 Å². The number of pyridine rings is 1. The van der Waals surface area contributed by atoms with E-state index in [1.54, 1.807) is 18.2 Å². The number of nitrogens with two attached hydrogens (primary N) is 1. The summed E-state index contributed by atoms with van der Waals surface area (Å²) in [5, 5.41) is 0.731. The summed E-state index contributed by atoms with van der Waals surface area (Å²) >= 11 is 17.1. The highest BCUT2D eigenvalue weighted by Gasteiger charge is 2.15. The topological polar surface area (TPSA) is 48.1 Å². The molecule has 2 rings (SSSR count). The Morgan fingerprint density at radius 3 is 2.65 bits per heavy atom. The van der Waals surface area contributed by atoms with Crippen molar-refractivity contribution in [2.24, 2.45) is 5.73 Å². The lowest BCUT2D eigenvalue weighted by Crippen LogP contribution is -2.14. The van der Waals surface area contributed by atoms with Gasteiger partial charge in [-0.1, -0.05) is 41.5 Å². The molecule has 0 aliphatic rings. The lowest BCUT2D eigenvalue weighted by Gasteiger charge is -2.13. The first kappa shape index (κ1) is 15.0. The lowest BCUT2D eigenvalue weighted by molar-refractivity contribution is 0.460. The minimum absolute atomic E-state index is 0.225. The zero-order chi connectivity index (χ0) is 14.9. The fourth-order valence-corrected chi connectivity index (χ4v) is 2.42. The van der Waals surface area contributed by atoms with Gasteiger partial charge in [-0.15, -0.1) is 0 Å². The third-order valence-corrected chi connectivity index (χ3v) is 3.69. The molecule has 20 heavy (non-hydrogen) atoms. The number of benzene rings is 1. The van der Waals surface area contributed by atoms with E-state index in [9.17, 15) is 0 Å². The van der Waals surface area contributed by atoms with Crippen LogP contribution >= 0.6 is 35.4 Å². The Balaban J connectivity index is 2.53. The molecule has 0 bridgehead atoms. The Morgan fingerprint density at radius 2 is 2.00 bits per heavy atom. The number of aryl methyl sites for hydroxylation is 2. The van der Waals surface area contributed by atoms with Gasteiger partial charge in [0.2, 0.25) is 5.88 Å². The summed E-state index contributed by atoms with van der Waals surface area (Å²) in [6.45, 7) is 3.76. The Labute approximate surface area is 132 Å². The molecule has 0 atom stereocenters. The maximum atomic E-state index is 6.11. The summed E-state index contributed by atoms with van der Waals surface area (Å²) in [6.07, 6.45) is 0. The molecule has 1 aromatic carbocycles. The monoisotopic (exact) mass is 326 g/mol. The quantitative estimate of drug-likeness (QED) is 0.847. The summed E-state index contributed by atoms with van der Waals surface area (Å²) in [4.78, 5) is 4.55. The molecule has 0 spiro atoms. The summed E-state index contributed by atoms with van der Waals surface area (Å²) in [5.41, 5.74) is 8.04. The van der Waals surface area contributed by atoms with E-state index in [2.05, 4.69) is 4.98 Å². The average molecular weight is 327 g/mol. The molecule has 104 valence electrons. The predicted octanol–water partition coefficient (Wildman–Crippen LogP) is 4.43. The average Bonchev–Trinajstić information content (AvgIpc) is 2.33. The van der Waals surface area contributed by atoms with E-state index in [1.807, 2.05) is 19.9 Å². The van der Waals surface area contributed by atoms with Gasteiger partial charge >= 0.3 is 0 Å². The number of ether oxygens (including phenoxy) is 1. The van der Waals surface area contributed by atoms with Crippen LogP contribution in [0.15, 0.2) is 24.3 Å². The summed E-state index contributed by atoms with van der Waals surface area (Å²) in [7, 11) is 0. The van der Waals surface area contributed by atoms with Gasteiger partial charge in [-0.3, -0.25) is 0 Å². The molecule has 1 aromatic heterocycles. The Morgan fingerprint density at radius 1 is 1.30 bits per heavy atom. The normalized spacial score (nSPS) is 10.4. The van der Waals surface area contributed by atoms with Gasteiger partial charge in [0.25, 0.3) is 0 Å². The molecule has 3 nitrogen and oxygen atoms in total. The number of aromatic nitrogens is 1. The number of rotatable bonds is 3. The number of halogens is 2. The number of thiocarbonyl (C=S) groups is 1.